The number of pyridine rings is 2. The van der Waals surface area contributed by atoms with Gasteiger partial charge in [-0.3, -0.25) is 14.0 Å². The Bertz CT molecular complexity index is 1490. The highest BCUT2D eigenvalue weighted by atomic mass is 16.5. The van der Waals surface area contributed by atoms with Crippen LogP contribution in [-0.4, -0.2) is 52.3 Å². The molecule has 36 heavy (non-hydrogen) atoms. The summed E-state index contributed by atoms with van der Waals surface area (Å²) in [7, 11) is 1.49. The molecular formula is C26H28N4O6. The van der Waals surface area contributed by atoms with Crippen LogP contribution in [0.15, 0.2) is 58.7 Å². The number of fused-ring (bicyclic) bond motifs is 2. The van der Waals surface area contributed by atoms with E-state index in [9.17, 15) is 14.4 Å². The number of rotatable bonds is 7. The summed E-state index contributed by atoms with van der Waals surface area (Å²) in [5, 5.41) is 0.212. The van der Waals surface area contributed by atoms with Crippen molar-refractivity contribution >= 4 is 28.6 Å². The number of hydrogen-bond acceptors (Lipinski definition) is 7. The first-order valence-electron chi connectivity index (χ1n) is 11.7. The number of aromatic nitrogens is 3. The highest BCUT2D eigenvalue weighted by Crippen LogP contribution is 2.18. The summed E-state index contributed by atoms with van der Waals surface area (Å²) in [5.74, 6) is -1.29. The van der Waals surface area contributed by atoms with Crippen molar-refractivity contribution in [1.29, 1.82) is 0 Å². The fraction of sp³-hybridized carbons (Fsp3) is 0.346. The molecule has 4 rings (SSSR count). The third kappa shape index (κ3) is 5.13. The molecule has 0 aliphatic carbocycles. The van der Waals surface area contributed by atoms with Crippen molar-refractivity contribution in [1.82, 2.24) is 14.0 Å². The van der Waals surface area contributed by atoms with Crippen LogP contribution in [0.4, 0.5) is 0 Å². The maximum Gasteiger partial charge on any atom is 0.341 e. The SMILES string of the molecule is CCOC(=O)c1cc2c(=O)n3cccc(C)c3nc2n(C[C@H]2CCCO2)c1=NC(=O)/C=C/C=C/OC. The molecule has 1 saturated heterocycles. The van der Waals surface area contributed by atoms with Gasteiger partial charge in [0.25, 0.3) is 11.5 Å². The number of methoxy groups -OCH3 is 1. The monoisotopic (exact) mass is 492 g/mol. The number of allylic oxidation sites excluding steroid dienone is 2. The molecule has 1 aliphatic rings. The van der Waals surface area contributed by atoms with Crippen LogP contribution in [0.1, 0.15) is 35.7 Å². The van der Waals surface area contributed by atoms with Crippen LogP contribution in [0.3, 0.4) is 0 Å². The molecule has 4 heterocycles. The highest BCUT2D eigenvalue weighted by molar-refractivity contribution is 5.94. The predicted molar refractivity (Wildman–Crippen MR) is 132 cm³/mol. The Hall–Kier alpha value is -4.05. The van der Waals surface area contributed by atoms with E-state index >= 15 is 0 Å². The first-order chi connectivity index (χ1) is 17.4. The topological polar surface area (TPSA) is 113 Å². The van der Waals surface area contributed by atoms with Crippen molar-refractivity contribution in [3.05, 3.63) is 75.9 Å². The van der Waals surface area contributed by atoms with Gasteiger partial charge >= 0.3 is 5.97 Å². The Labute approximate surface area is 207 Å². The van der Waals surface area contributed by atoms with E-state index in [1.807, 2.05) is 13.0 Å². The number of esters is 1. The average Bonchev–Trinajstić information content (AvgIpc) is 3.37. The Morgan fingerprint density at radius 2 is 2.14 bits per heavy atom. The number of amides is 1. The molecule has 0 N–H and O–H groups in total. The maximum absolute atomic E-state index is 13.5. The van der Waals surface area contributed by atoms with Crippen molar-refractivity contribution in [3.63, 3.8) is 0 Å². The number of ether oxygens (including phenoxy) is 3. The van der Waals surface area contributed by atoms with E-state index in [1.54, 1.807) is 23.8 Å². The first-order valence-corrected chi connectivity index (χ1v) is 11.7. The van der Waals surface area contributed by atoms with Gasteiger partial charge in [0.1, 0.15) is 16.9 Å². The van der Waals surface area contributed by atoms with Crippen molar-refractivity contribution in [2.24, 2.45) is 4.99 Å². The van der Waals surface area contributed by atoms with Gasteiger partial charge < -0.3 is 18.8 Å². The van der Waals surface area contributed by atoms with Gasteiger partial charge in [-0.1, -0.05) is 12.1 Å². The second-order valence-corrected chi connectivity index (χ2v) is 8.26. The maximum atomic E-state index is 13.5. The molecule has 1 atom stereocenters. The molecule has 10 heteroatoms. The lowest BCUT2D eigenvalue weighted by Gasteiger charge is -2.18. The van der Waals surface area contributed by atoms with Crippen LogP contribution in [-0.2, 0) is 25.5 Å². The van der Waals surface area contributed by atoms with Crippen LogP contribution < -0.4 is 11.0 Å². The van der Waals surface area contributed by atoms with Crippen LogP contribution in [0.2, 0.25) is 0 Å². The summed E-state index contributed by atoms with van der Waals surface area (Å²) in [6, 6.07) is 5.03. The number of aryl methyl sites for hydroxylation is 1. The summed E-state index contributed by atoms with van der Waals surface area (Å²) >= 11 is 0. The normalized spacial score (nSPS) is 16.5. The van der Waals surface area contributed by atoms with E-state index < -0.39 is 11.9 Å². The lowest BCUT2D eigenvalue weighted by atomic mass is 10.1. The van der Waals surface area contributed by atoms with E-state index in [0.717, 1.165) is 18.4 Å². The largest absolute Gasteiger partial charge is 0.504 e. The summed E-state index contributed by atoms with van der Waals surface area (Å²) in [5.41, 5.74) is 1.31. The molecule has 0 radical (unpaired) electrons. The Morgan fingerprint density at radius 1 is 1.31 bits per heavy atom. The standard InChI is InChI=1S/C26H28N4O6/c1-4-35-26(33)20-15-19-23(28-22-17(2)9-7-12-29(22)25(19)32)30(16-18-10-8-14-36-18)24(20)27-21(31)11-5-6-13-34-3/h5-7,9,11-13,15,18H,4,8,10,14,16H2,1-3H3/b11-5+,13-6+,27-24?/t18-/m1/s1. The van der Waals surface area contributed by atoms with Gasteiger partial charge in [0.15, 0.2) is 5.49 Å². The fourth-order valence-corrected chi connectivity index (χ4v) is 4.14. The predicted octanol–water partition coefficient (Wildman–Crippen LogP) is 2.46. The number of carbonyl (C=O) groups excluding carboxylic acids is 2. The molecule has 0 spiro atoms. The lowest BCUT2D eigenvalue weighted by molar-refractivity contribution is -0.113. The van der Waals surface area contributed by atoms with Crippen LogP contribution in [0.5, 0.6) is 0 Å². The Balaban J connectivity index is 2.07. The molecule has 0 unspecified atom stereocenters. The Morgan fingerprint density at radius 3 is 2.86 bits per heavy atom. The van der Waals surface area contributed by atoms with E-state index in [2.05, 4.69) is 4.99 Å². The molecule has 10 nitrogen and oxygen atoms in total. The molecular weight excluding hydrogens is 464 g/mol. The molecule has 1 aliphatic heterocycles. The van der Waals surface area contributed by atoms with Gasteiger partial charge in [-0.05, 0) is 50.5 Å². The highest BCUT2D eigenvalue weighted by Gasteiger charge is 2.23. The molecule has 0 bridgehead atoms. The average molecular weight is 493 g/mol. The smallest absolute Gasteiger partial charge is 0.341 e. The van der Waals surface area contributed by atoms with Crippen molar-refractivity contribution in [2.75, 3.05) is 20.3 Å². The summed E-state index contributed by atoms with van der Waals surface area (Å²) in [4.78, 5) is 48.3. The van der Waals surface area contributed by atoms with Gasteiger partial charge in [-0.25, -0.2) is 9.78 Å². The number of hydrogen-bond donors (Lipinski definition) is 0. The Kier molecular flexibility index (Phi) is 7.74. The minimum absolute atomic E-state index is 0.00281. The summed E-state index contributed by atoms with van der Waals surface area (Å²) in [6.45, 7) is 4.53. The summed E-state index contributed by atoms with van der Waals surface area (Å²) in [6.07, 6.45) is 8.80. The minimum atomic E-state index is -0.691. The molecule has 0 aromatic carbocycles. The minimum Gasteiger partial charge on any atom is -0.504 e. The van der Waals surface area contributed by atoms with E-state index in [-0.39, 0.29) is 41.3 Å². The van der Waals surface area contributed by atoms with Gasteiger partial charge in [0.05, 0.1) is 38.0 Å². The van der Waals surface area contributed by atoms with Gasteiger partial charge in [0, 0.05) is 18.9 Å². The zero-order chi connectivity index (χ0) is 25.7. The molecule has 3 aromatic heterocycles. The second-order valence-electron chi connectivity index (χ2n) is 8.26. The summed E-state index contributed by atoms with van der Waals surface area (Å²) < 4.78 is 19.0. The molecule has 3 aromatic rings. The van der Waals surface area contributed by atoms with Crippen LogP contribution >= 0.6 is 0 Å². The quantitative estimate of drug-likeness (QED) is 0.164. The van der Waals surface area contributed by atoms with Crippen LogP contribution in [0, 0.1) is 6.92 Å². The molecule has 0 saturated carbocycles. The van der Waals surface area contributed by atoms with E-state index in [1.165, 1.54) is 42.1 Å². The van der Waals surface area contributed by atoms with Crippen molar-refractivity contribution < 1.29 is 23.8 Å². The number of carbonyl (C=O) groups is 2. The lowest BCUT2D eigenvalue weighted by Crippen LogP contribution is -2.35. The third-order valence-corrected chi connectivity index (χ3v) is 5.79. The van der Waals surface area contributed by atoms with E-state index in [0.29, 0.717) is 17.9 Å². The first kappa shape index (κ1) is 25.1. The van der Waals surface area contributed by atoms with Crippen molar-refractivity contribution in [3.8, 4) is 0 Å². The van der Waals surface area contributed by atoms with Gasteiger partial charge in [0.2, 0.25) is 0 Å². The fourth-order valence-electron chi connectivity index (χ4n) is 4.14. The second kappa shape index (κ2) is 11.1. The van der Waals surface area contributed by atoms with Crippen LogP contribution in [0.25, 0.3) is 16.7 Å². The van der Waals surface area contributed by atoms with Gasteiger partial charge in [-0.15, -0.1) is 0 Å². The molecule has 1 amide bonds. The molecule has 1 fully saturated rings. The zero-order valence-electron chi connectivity index (χ0n) is 20.5. The van der Waals surface area contributed by atoms with Gasteiger partial charge in [-0.2, -0.15) is 4.99 Å². The van der Waals surface area contributed by atoms with E-state index in [4.69, 9.17) is 19.2 Å². The molecule has 188 valence electrons. The third-order valence-electron chi connectivity index (χ3n) is 5.79. The zero-order valence-corrected chi connectivity index (χ0v) is 20.5. The van der Waals surface area contributed by atoms with Crippen molar-refractivity contribution in [2.45, 2.75) is 39.3 Å². The number of nitrogens with zero attached hydrogens (tertiary/aromatic N) is 4.